The van der Waals surface area contributed by atoms with Gasteiger partial charge in [0, 0.05) is 36.6 Å². The standard InChI is InChI=1S/C30H34N6O4/c1-20-26(27(37)29(38)39-3)28-34-15-12-30(2,13-16-34)40-17-6-4-5-9-22-11-14-35(32-22)23-10-7-8-21(18-23)24-19-25(31-20)36(28)33-24/h4,6-8,10-11,14,18-19,27,37H,5,9,12-13,15-17H2,1-3H3/b6-4-/t27-/m0/s1. The number of aliphatic hydroxyl groups excluding tert-OH is 1. The molecule has 1 fully saturated rings. The van der Waals surface area contributed by atoms with Crippen LogP contribution >= 0.6 is 0 Å². The average molecular weight is 543 g/mol. The second-order valence-corrected chi connectivity index (χ2v) is 10.7. The van der Waals surface area contributed by atoms with E-state index in [0.717, 1.165) is 48.3 Å². The van der Waals surface area contributed by atoms with Gasteiger partial charge in [0.1, 0.15) is 5.82 Å². The molecule has 6 heterocycles. The van der Waals surface area contributed by atoms with E-state index in [9.17, 15) is 9.90 Å². The molecular weight excluding hydrogens is 508 g/mol. The number of hydrogen-bond donors (Lipinski definition) is 1. The van der Waals surface area contributed by atoms with Gasteiger partial charge in [-0.25, -0.2) is 14.5 Å². The molecule has 40 heavy (non-hydrogen) atoms. The summed E-state index contributed by atoms with van der Waals surface area (Å²) in [6.07, 6.45) is 8.05. The molecule has 3 aliphatic rings. The van der Waals surface area contributed by atoms with Gasteiger partial charge in [-0.1, -0.05) is 24.3 Å². The van der Waals surface area contributed by atoms with Gasteiger partial charge in [-0.15, -0.1) is 0 Å². The summed E-state index contributed by atoms with van der Waals surface area (Å²) in [7, 11) is 1.27. The van der Waals surface area contributed by atoms with E-state index in [1.807, 2.05) is 41.2 Å². The Kier molecular flexibility index (Phi) is 6.89. The zero-order valence-corrected chi connectivity index (χ0v) is 23.1. The molecule has 3 aliphatic heterocycles. The Morgan fingerprint density at radius 2 is 1.98 bits per heavy atom. The quantitative estimate of drug-likeness (QED) is 0.300. The summed E-state index contributed by atoms with van der Waals surface area (Å²) in [6, 6.07) is 12.0. The molecule has 1 saturated heterocycles. The highest BCUT2D eigenvalue weighted by atomic mass is 16.5. The minimum Gasteiger partial charge on any atom is -0.467 e. The summed E-state index contributed by atoms with van der Waals surface area (Å²) in [5.41, 5.74) is 4.92. The van der Waals surface area contributed by atoms with Crippen LogP contribution in [0.2, 0.25) is 0 Å². The van der Waals surface area contributed by atoms with E-state index >= 15 is 0 Å². The summed E-state index contributed by atoms with van der Waals surface area (Å²) in [4.78, 5) is 19.4. The average Bonchev–Trinajstić information content (AvgIpc) is 3.61. The van der Waals surface area contributed by atoms with Gasteiger partial charge in [0.05, 0.1) is 42.0 Å². The Labute approximate surface area is 232 Å². The van der Waals surface area contributed by atoms with Crippen LogP contribution in [0.4, 0.5) is 5.82 Å². The second kappa shape index (κ2) is 10.5. The molecule has 0 aliphatic carbocycles. The molecule has 10 heteroatoms. The maximum absolute atomic E-state index is 12.5. The van der Waals surface area contributed by atoms with E-state index in [2.05, 4.69) is 30.0 Å². The van der Waals surface area contributed by atoms with Crippen molar-refractivity contribution in [3.8, 4) is 16.9 Å². The van der Waals surface area contributed by atoms with E-state index in [-0.39, 0.29) is 5.60 Å². The number of fused-ring (bicyclic) bond motifs is 6. The molecule has 1 atom stereocenters. The highest BCUT2D eigenvalue weighted by Gasteiger charge is 2.35. The molecule has 7 rings (SSSR count). The van der Waals surface area contributed by atoms with E-state index < -0.39 is 12.1 Å². The molecule has 3 aromatic heterocycles. The number of ether oxygens (including phenoxy) is 2. The molecule has 8 bridgehead atoms. The summed E-state index contributed by atoms with van der Waals surface area (Å²) < 4.78 is 14.8. The number of carbonyl (C=O) groups excluding carboxylic acids is 1. The van der Waals surface area contributed by atoms with Crippen molar-refractivity contribution in [2.24, 2.45) is 0 Å². The zero-order valence-electron chi connectivity index (χ0n) is 23.1. The Hall–Kier alpha value is -4.02. The van der Waals surface area contributed by atoms with Gasteiger partial charge in [0.2, 0.25) is 0 Å². The highest BCUT2D eigenvalue weighted by molar-refractivity contribution is 5.80. The zero-order chi connectivity index (χ0) is 27.9. The molecule has 0 unspecified atom stereocenters. The molecule has 0 radical (unpaired) electrons. The predicted molar refractivity (Wildman–Crippen MR) is 151 cm³/mol. The van der Waals surface area contributed by atoms with Crippen molar-refractivity contribution in [3.63, 3.8) is 0 Å². The lowest BCUT2D eigenvalue weighted by atomic mass is 9.92. The lowest BCUT2D eigenvalue weighted by Gasteiger charge is -2.40. The first-order chi connectivity index (χ1) is 19.3. The summed E-state index contributed by atoms with van der Waals surface area (Å²) in [6.45, 7) is 5.84. The van der Waals surface area contributed by atoms with Gasteiger partial charge < -0.3 is 19.5 Å². The van der Waals surface area contributed by atoms with E-state index in [4.69, 9.17) is 24.7 Å². The van der Waals surface area contributed by atoms with Crippen LogP contribution in [0.1, 0.15) is 49.2 Å². The molecule has 208 valence electrons. The summed E-state index contributed by atoms with van der Waals surface area (Å²) in [5.74, 6) is -0.0848. The van der Waals surface area contributed by atoms with Crippen molar-refractivity contribution in [1.29, 1.82) is 0 Å². The summed E-state index contributed by atoms with van der Waals surface area (Å²) in [5, 5.41) is 20.8. The maximum Gasteiger partial charge on any atom is 0.339 e. The molecule has 1 N–H and O–H groups in total. The van der Waals surface area contributed by atoms with Crippen molar-refractivity contribution in [3.05, 3.63) is 71.7 Å². The lowest BCUT2D eigenvalue weighted by Crippen LogP contribution is -2.45. The normalized spacial score (nSPS) is 18.6. The first-order valence-electron chi connectivity index (χ1n) is 13.7. The second-order valence-electron chi connectivity index (χ2n) is 10.7. The topological polar surface area (TPSA) is 107 Å². The number of aromatic nitrogens is 5. The highest BCUT2D eigenvalue weighted by Crippen LogP contribution is 2.36. The van der Waals surface area contributed by atoms with Crippen LogP contribution in [0.25, 0.3) is 22.6 Å². The van der Waals surface area contributed by atoms with Gasteiger partial charge in [-0.3, -0.25) is 0 Å². The SMILES string of the molecule is COC(=O)[C@@H](O)c1c(C)nc2cc3nn2c1N1CCC(C)(CC1)OC/C=C\CCc1ccn(n1)-c1cccc-3c1. The largest absolute Gasteiger partial charge is 0.467 e. The van der Waals surface area contributed by atoms with Crippen LogP contribution < -0.4 is 4.90 Å². The minimum absolute atomic E-state index is 0.279. The molecule has 0 spiro atoms. The number of aryl methyl sites for hydroxylation is 2. The Morgan fingerprint density at radius 1 is 1.15 bits per heavy atom. The number of allylic oxidation sites excluding steroid dienone is 1. The Morgan fingerprint density at radius 3 is 2.77 bits per heavy atom. The van der Waals surface area contributed by atoms with Crippen molar-refractivity contribution >= 4 is 17.4 Å². The van der Waals surface area contributed by atoms with Crippen LogP contribution in [0.3, 0.4) is 0 Å². The third kappa shape index (κ3) is 4.89. The van der Waals surface area contributed by atoms with Crippen molar-refractivity contribution in [1.82, 2.24) is 24.4 Å². The van der Waals surface area contributed by atoms with Crippen molar-refractivity contribution in [2.45, 2.75) is 51.2 Å². The fourth-order valence-electron chi connectivity index (χ4n) is 5.56. The van der Waals surface area contributed by atoms with Gasteiger partial charge in [-0.2, -0.15) is 14.7 Å². The van der Waals surface area contributed by atoms with Gasteiger partial charge in [-0.05, 0) is 57.7 Å². The number of esters is 1. The van der Waals surface area contributed by atoms with E-state index in [1.54, 1.807) is 11.4 Å². The smallest absolute Gasteiger partial charge is 0.339 e. The number of nitrogens with zero attached hydrogens (tertiary/aromatic N) is 6. The fraction of sp³-hybridized carbons (Fsp3) is 0.400. The maximum atomic E-state index is 12.5. The Bertz CT molecular complexity index is 1580. The third-order valence-corrected chi connectivity index (χ3v) is 7.94. The van der Waals surface area contributed by atoms with E-state index in [1.165, 1.54) is 7.11 Å². The Balaban J connectivity index is 1.51. The van der Waals surface area contributed by atoms with Crippen LogP contribution in [-0.4, -0.2) is 67.9 Å². The number of rotatable bonds is 2. The minimum atomic E-state index is -1.48. The number of benzene rings is 1. The van der Waals surface area contributed by atoms with Crippen LogP contribution in [0.5, 0.6) is 0 Å². The first kappa shape index (κ1) is 26.2. The fourth-order valence-corrected chi connectivity index (χ4v) is 5.56. The first-order valence-corrected chi connectivity index (χ1v) is 13.7. The predicted octanol–water partition coefficient (Wildman–Crippen LogP) is 3.97. The van der Waals surface area contributed by atoms with Gasteiger partial charge in [0.25, 0.3) is 0 Å². The number of piperidine rings is 1. The number of methoxy groups -OCH3 is 1. The van der Waals surface area contributed by atoms with Crippen LogP contribution in [-0.2, 0) is 20.7 Å². The number of aliphatic hydroxyl groups is 1. The van der Waals surface area contributed by atoms with Crippen molar-refractivity contribution < 1.29 is 19.4 Å². The number of anilines is 1. The van der Waals surface area contributed by atoms with Crippen LogP contribution in [0.15, 0.2) is 54.7 Å². The molecule has 0 amide bonds. The third-order valence-electron chi connectivity index (χ3n) is 7.94. The number of carbonyl (C=O) groups is 1. The monoisotopic (exact) mass is 542 g/mol. The molecular formula is C30H34N6O4. The molecule has 4 aromatic rings. The number of hydrogen-bond acceptors (Lipinski definition) is 8. The lowest BCUT2D eigenvalue weighted by molar-refractivity contribution is -0.150. The van der Waals surface area contributed by atoms with Crippen molar-refractivity contribution in [2.75, 3.05) is 31.7 Å². The van der Waals surface area contributed by atoms with Crippen LogP contribution in [0, 0.1) is 6.92 Å². The van der Waals surface area contributed by atoms with Gasteiger partial charge >= 0.3 is 5.97 Å². The summed E-state index contributed by atoms with van der Waals surface area (Å²) >= 11 is 0. The van der Waals surface area contributed by atoms with E-state index in [0.29, 0.717) is 42.4 Å². The molecule has 0 saturated carbocycles. The van der Waals surface area contributed by atoms with Gasteiger partial charge in [0.15, 0.2) is 11.8 Å². The molecule has 1 aromatic carbocycles. The molecule has 10 nitrogen and oxygen atoms in total.